The fraction of sp³-hybridized carbons (Fsp3) is 0.235. The van der Waals surface area contributed by atoms with Crippen molar-refractivity contribution in [1.29, 1.82) is 0 Å². The number of carbonyl (C=O) groups excluding carboxylic acids is 1. The van der Waals surface area contributed by atoms with Crippen molar-refractivity contribution in [2.24, 2.45) is 0 Å². The van der Waals surface area contributed by atoms with Crippen LogP contribution in [0.1, 0.15) is 10.4 Å². The number of hydrogen-bond donors (Lipinski definition) is 1. The summed E-state index contributed by atoms with van der Waals surface area (Å²) in [5.41, 5.74) is 0.718. The predicted molar refractivity (Wildman–Crippen MR) is 107 cm³/mol. The summed E-state index contributed by atoms with van der Waals surface area (Å²) in [6.45, 7) is 0. The Labute approximate surface area is 167 Å². The van der Waals surface area contributed by atoms with Gasteiger partial charge in [-0.3, -0.25) is 9.10 Å². The Balaban J connectivity index is 2.42. The Morgan fingerprint density at radius 3 is 2.22 bits per heavy atom. The standard InChI is InChI=1S/C17H18Cl2N2O5S/c1-21(27(4,23)24)10-5-6-12(18)11(7-10)17(22)20-14-9-15(25-2)13(19)8-16(14)26-3/h5-9H,1-4H3,(H,20,22). The molecule has 0 aliphatic heterocycles. The highest BCUT2D eigenvalue weighted by Gasteiger charge is 2.19. The van der Waals surface area contributed by atoms with Crippen molar-refractivity contribution in [2.75, 3.05) is 37.1 Å². The molecule has 1 N–H and O–H groups in total. The fourth-order valence-corrected chi connectivity index (χ4v) is 3.15. The van der Waals surface area contributed by atoms with Crippen molar-refractivity contribution in [3.05, 3.63) is 45.9 Å². The zero-order chi connectivity index (χ0) is 20.4. The van der Waals surface area contributed by atoms with E-state index in [1.54, 1.807) is 0 Å². The highest BCUT2D eigenvalue weighted by molar-refractivity contribution is 7.92. The molecular formula is C17H18Cl2N2O5S. The third kappa shape index (κ3) is 4.77. The van der Waals surface area contributed by atoms with E-state index in [2.05, 4.69) is 5.32 Å². The lowest BCUT2D eigenvalue weighted by molar-refractivity contribution is 0.102. The van der Waals surface area contributed by atoms with Crippen LogP contribution in [0.25, 0.3) is 0 Å². The molecule has 10 heteroatoms. The van der Waals surface area contributed by atoms with E-state index in [0.29, 0.717) is 27.9 Å². The van der Waals surface area contributed by atoms with Crippen molar-refractivity contribution in [2.45, 2.75) is 0 Å². The Morgan fingerprint density at radius 2 is 1.67 bits per heavy atom. The SMILES string of the molecule is COc1cc(NC(=O)c2cc(N(C)S(C)(=O)=O)ccc2Cl)c(OC)cc1Cl. The fourth-order valence-electron chi connectivity index (χ4n) is 2.22. The molecule has 0 aliphatic carbocycles. The second-order valence-corrected chi connectivity index (χ2v) is 8.36. The van der Waals surface area contributed by atoms with Crippen molar-refractivity contribution in [3.63, 3.8) is 0 Å². The first kappa shape index (κ1) is 21.1. The van der Waals surface area contributed by atoms with Gasteiger partial charge in [-0.25, -0.2) is 8.42 Å². The minimum Gasteiger partial charge on any atom is -0.495 e. The monoisotopic (exact) mass is 432 g/mol. The van der Waals surface area contributed by atoms with Crippen LogP contribution in [0.2, 0.25) is 10.0 Å². The third-order valence-corrected chi connectivity index (χ3v) is 5.61. The Kier molecular flexibility index (Phi) is 6.46. The topological polar surface area (TPSA) is 84.9 Å². The maximum atomic E-state index is 12.7. The van der Waals surface area contributed by atoms with E-state index in [1.807, 2.05) is 0 Å². The van der Waals surface area contributed by atoms with Gasteiger partial charge in [0, 0.05) is 19.2 Å². The summed E-state index contributed by atoms with van der Waals surface area (Å²) in [5, 5.41) is 3.16. The van der Waals surface area contributed by atoms with Crippen molar-refractivity contribution < 1.29 is 22.7 Å². The number of amides is 1. The van der Waals surface area contributed by atoms with Crippen LogP contribution >= 0.6 is 23.2 Å². The van der Waals surface area contributed by atoms with Crippen LogP contribution in [0.15, 0.2) is 30.3 Å². The number of hydrogen-bond acceptors (Lipinski definition) is 5. The van der Waals surface area contributed by atoms with Gasteiger partial charge >= 0.3 is 0 Å². The van der Waals surface area contributed by atoms with Crippen LogP contribution in [-0.2, 0) is 10.0 Å². The molecule has 2 aromatic rings. The van der Waals surface area contributed by atoms with Crippen LogP contribution in [-0.4, -0.2) is 41.8 Å². The van der Waals surface area contributed by atoms with Crippen LogP contribution < -0.4 is 19.1 Å². The Bertz CT molecular complexity index is 980. The van der Waals surface area contributed by atoms with E-state index in [4.69, 9.17) is 32.7 Å². The predicted octanol–water partition coefficient (Wildman–Crippen LogP) is 3.66. The second kappa shape index (κ2) is 8.24. The zero-order valence-corrected chi connectivity index (χ0v) is 17.4. The normalized spacial score (nSPS) is 11.0. The Morgan fingerprint density at radius 1 is 1.04 bits per heavy atom. The van der Waals surface area contributed by atoms with Crippen LogP contribution in [0.4, 0.5) is 11.4 Å². The molecule has 0 saturated carbocycles. The first-order valence-electron chi connectivity index (χ1n) is 7.54. The summed E-state index contributed by atoms with van der Waals surface area (Å²) >= 11 is 12.2. The molecule has 0 heterocycles. The van der Waals surface area contributed by atoms with Crippen LogP contribution in [0.5, 0.6) is 11.5 Å². The van der Waals surface area contributed by atoms with Gasteiger partial charge in [0.25, 0.3) is 5.91 Å². The van der Waals surface area contributed by atoms with Gasteiger partial charge in [0.1, 0.15) is 11.5 Å². The summed E-state index contributed by atoms with van der Waals surface area (Å²) in [6, 6.07) is 7.36. The van der Waals surface area contributed by atoms with Crippen LogP contribution in [0.3, 0.4) is 0 Å². The zero-order valence-electron chi connectivity index (χ0n) is 15.0. The van der Waals surface area contributed by atoms with E-state index in [1.165, 1.54) is 51.6 Å². The van der Waals surface area contributed by atoms with Gasteiger partial charge in [0.2, 0.25) is 10.0 Å². The largest absolute Gasteiger partial charge is 0.495 e. The van der Waals surface area contributed by atoms with Gasteiger partial charge in [0.05, 0.1) is 47.5 Å². The number of nitrogens with one attached hydrogen (secondary N) is 1. The molecule has 0 unspecified atom stereocenters. The molecular weight excluding hydrogens is 415 g/mol. The second-order valence-electron chi connectivity index (χ2n) is 5.54. The first-order valence-corrected chi connectivity index (χ1v) is 10.1. The molecule has 0 atom stereocenters. The van der Waals surface area contributed by atoms with Crippen molar-refractivity contribution >= 4 is 50.5 Å². The minimum absolute atomic E-state index is 0.0978. The molecule has 0 radical (unpaired) electrons. The lowest BCUT2D eigenvalue weighted by atomic mass is 10.1. The molecule has 7 nitrogen and oxygen atoms in total. The molecule has 146 valence electrons. The smallest absolute Gasteiger partial charge is 0.257 e. The Hall–Kier alpha value is -2.16. The number of methoxy groups -OCH3 is 2. The summed E-state index contributed by atoms with van der Waals surface area (Å²) < 4.78 is 34.9. The van der Waals surface area contributed by atoms with Gasteiger partial charge < -0.3 is 14.8 Å². The number of carbonyl (C=O) groups is 1. The number of ether oxygens (including phenoxy) is 2. The molecule has 2 aromatic carbocycles. The highest BCUT2D eigenvalue weighted by atomic mass is 35.5. The van der Waals surface area contributed by atoms with E-state index in [-0.39, 0.29) is 10.6 Å². The summed E-state index contributed by atoms with van der Waals surface area (Å²) in [5.74, 6) is 0.130. The lowest BCUT2D eigenvalue weighted by Crippen LogP contribution is -2.25. The quantitative estimate of drug-likeness (QED) is 0.752. The number of nitrogens with zero attached hydrogens (tertiary/aromatic N) is 1. The van der Waals surface area contributed by atoms with Gasteiger partial charge in [-0.2, -0.15) is 0 Å². The molecule has 0 aliphatic rings. The number of anilines is 2. The maximum Gasteiger partial charge on any atom is 0.257 e. The molecule has 0 bridgehead atoms. The lowest BCUT2D eigenvalue weighted by Gasteiger charge is -2.18. The minimum atomic E-state index is -3.49. The van der Waals surface area contributed by atoms with E-state index in [0.717, 1.165) is 10.6 Å². The van der Waals surface area contributed by atoms with Gasteiger partial charge in [-0.1, -0.05) is 23.2 Å². The van der Waals surface area contributed by atoms with Crippen LogP contribution in [0, 0.1) is 0 Å². The molecule has 0 spiro atoms. The number of benzene rings is 2. The first-order chi connectivity index (χ1) is 12.6. The van der Waals surface area contributed by atoms with E-state index in [9.17, 15) is 13.2 Å². The number of rotatable bonds is 6. The summed E-state index contributed by atoms with van der Waals surface area (Å²) in [7, 11) is 0.773. The van der Waals surface area contributed by atoms with Gasteiger partial charge in [-0.05, 0) is 18.2 Å². The molecule has 0 saturated heterocycles. The van der Waals surface area contributed by atoms with Gasteiger partial charge in [-0.15, -0.1) is 0 Å². The van der Waals surface area contributed by atoms with Gasteiger partial charge in [0.15, 0.2) is 0 Å². The molecule has 0 aromatic heterocycles. The van der Waals surface area contributed by atoms with E-state index < -0.39 is 15.9 Å². The number of halogens is 2. The molecule has 2 rings (SSSR count). The molecule has 0 fully saturated rings. The number of sulfonamides is 1. The van der Waals surface area contributed by atoms with Crippen molar-refractivity contribution in [1.82, 2.24) is 0 Å². The van der Waals surface area contributed by atoms with E-state index >= 15 is 0 Å². The third-order valence-electron chi connectivity index (χ3n) is 3.78. The molecule has 1 amide bonds. The molecule has 27 heavy (non-hydrogen) atoms. The highest BCUT2D eigenvalue weighted by Crippen LogP contribution is 2.36. The summed E-state index contributed by atoms with van der Waals surface area (Å²) in [4.78, 5) is 12.7. The van der Waals surface area contributed by atoms with Crippen molar-refractivity contribution in [3.8, 4) is 11.5 Å². The average molecular weight is 433 g/mol. The average Bonchev–Trinajstić information content (AvgIpc) is 2.61. The maximum absolute atomic E-state index is 12.7. The summed E-state index contributed by atoms with van der Waals surface area (Å²) in [6.07, 6.45) is 1.06.